The highest BCUT2D eigenvalue weighted by Gasteiger charge is 2.50. The van der Waals surface area contributed by atoms with Crippen molar-refractivity contribution in [3.8, 4) is 0 Å². The maximum atomic E-state index is 13.1. The van der Waals surface area contributed by atoms with E-state index in [1.807, 2.05) is 20.8 Å². The summed E-state index contributed by atoms with van der Waals surface area (Å²) in [6.45, 7) is 7.66. The average molecular weight is 544 g/mol. The van der Waals surface area contributed by atoms with Gasteiger partial charge >= 0.3 is 0 Å². The van der Waals surface area contributed by atoms with Crippen LogP contribution in [0.15, 0.2) is 52.6 Å². The summed E-state index contributed by atoms with van der Waals surface area (Å²) in [5.74, 6) is 1.02. The zero-order valence-corrected chi connectivity index (χ0v) is 23.0. The fraction of sp³-hybridized carbons (Fsp3) is 0.440. The fourth-order valence-electron chi connectivity index (χ4n) is 4.95. The van der Waals surface area contributed by atoms with Gasteiger partial charge in [0.1, 0.15) is 15.6 Å². The lowest BCUT2D eigenvalue weighted by Crippen LogP contribution is -2.50. The molecule has 2 aromatic heterocycles. The number of pyridine rings is 1. The van der Waals surface area contributed by atoms with Crippen LogP contribution in [0.4, 0.5) is 11.8 Å². The van der Waals surface area contributed by atoms with Crippen molar-refractivity contribution in [2.45, 2.75) is 60.7 Å². The minimum absolute atomic E-state index is 0.0162. The highest BCUT2D eigenvalue weighted by molar-refractivity contribution is 7.99. The number of benzene rings is 1. The predicted octanol–water partition coefficient (Wildman–Crippen LogP) is 4.59. The Kier molecular flexibility index (Phi) is 7.08. The van der Waals surface area contributed by atoms with Crippen molar-refractivity contribution < 1.29 is 4.55 Å². The Morgan fingerprint density at radius 1 is 1.17 bits per heavy atom. The Hall–Kier alpha value is -2.11. The smallest absolute Gasteiger partial charge is 0.245 e. The zero-order valence-electron chi connectivity index (χ0n) is 20.6. The molecule has 3 heterocycles. The van der Waals surface area contributed by atoms with Gasteiger partial charge in [0, 0.05) is 41.0 Å². The van der Waals surface area contributed by atoms with E-state index in [4.69, 9.17) is 17.3 Å². The van der Waals surface area contributed by atoms with Crippen LogP contribution < -0.4 is 15.4 Å². The summed E-state index contributed by atoms with van der Waals surface area (Å²) in [6.07, 6.45) is 6.13. The van der Waals surface area contributed by atoms with E-state index in [-0.39, 0.29) is 16.2 Å². The number of nitrogen functional groups attached to an aromatic ring is 1. The van der Waals surface area contributed by atoms with Crippen molar-refractivity contribution in [1.82, 2.24) is 24.9 Å². The topological polar surface area (TPSA) is 116 Å². The second-order valence-electron chi connectivity index (χ2n) is 10.4. The van der Waals surface area contributed by atoms with Gasteiger partial charge < -0.3 is 15.2 Å². The molecule has 0 radical (unpaired) electrons. The number of nitrogens with one attached hydrogen (secondary N) is 1. The largest absolute Gasteiger partial charge is 0.598 e. The first-order valence-corrected chi connectivity index (χ1v) is 14.3. The first-order valence-electron chi connectivity index (χ1n) is 11.9. The summed E-state index contributed by atoms with van der Waals surface area (Å²) in [5.41, 5.74) is 8.42. The number of hydrogen-bond acceptors (Lipinski definition) is 9. The van der Waals surface area contributed by atoms with Crippen LogP contribution in [0.5, 0.6) is 0 Å². The third-order valence-corrected chi connectivity index (χ3v) is 9.86. The Morgan fingerprint density at radius 3 is 2.61 bits per heavy atom. The zero-order chi connectivity index (χ0) is 25.5. The van der Waals surface area contributed by atoms with Gasteiger partial charge in [-0.25, -0.2) is 9.97 Å². The third-order valence-electron chi connectivity index (χ3n) is 6.93. The van der Waals surface area contributed by atoms with Gasteiger partial charge in [-0.05, 0) is 57.2 Å². The van der Waals surface area contributed by atoms with Gasteiger partial charge in [0.2, 0.25) is 5.95 Å². The predicted molar refractivity (Wildman–Crippen MR) is 145 cm³/mol. The van der Waals surface area contributed by atoms with Crippen molar-refractivity contribution in [2.24, 2.45) is 5.41 Å². The molecule has 0 saturated carbocycles. The number of aromatic nitrogens is 4. The van der Waals surface area contributed by atoms with Gasteiger partial charge in [-0.3, -0.25) is 0 Å². The molecule has 190 valence electrons. The van der Waals surface area contributed by atoms with E-state index in [1.165, 1.54) is 29.1 Å². The van der Waals surface area contributed by atoms with Gasteiger partial charge in [-0.2, -0.15) is 0 Å². The van der Waals surface area contributed by atoms with Gasteiger partial charge in [0.25, 0.3) is 0 Å². The summed E-state index contributed by atoms with van der Waals surface area (Å²) >= 11 is 6.42. The van der Waals surface area contributed by atoms with Crippen molar-refractivity contribution in [3.63, 3.8) is 0 Å². The molecule has 3 N–H and O–H groups in total. The molecule has 3 aromatic rings. The first-order chi connectivity index (χ1) is 17.1. The van der Waals surface area contributed by atoms with Crippen LogP contribution in [0.2, 0.25) is 5.02 Å². The van der Waals surface area contributed by atoms with Crippen molar-refractivity contribution in [2.75, 3.05) is 23.7 Å². The van der Waals surface area contributed by atoms with Gasteiger partial charge in [-0.1, -0.05) is 47.6 Å². The lowest BCUT2D eigenvalue weighted by molar-refractivity contribution is 0.175. The molecule has 0 bridgehead atoms. The highest BCUT2D eigenvalue weighted by atomic mass is 35.5. The third kappa shape index (κ3) is 5.15. The number of nitrogens with zero attached hydrogens (tertiary/aromatic N) is 5. The molecule has 36 heavy (non-hydrogen) atoms. The van der Waals surface area contributed by atoms with Gasteiger partial charge in [0.15, 0.2) is 0 Å². The molecular formula is C25H30ClN7OS2. The van der Waals surface area contributed by atoms with Crippen molar-refractivity contribution in [1.29, 1.82) is 0 Å². The molecule has 8 nitrogen and oxygen atoms in total. The summed E-state index contributed by atoms with van der Waals surface area (Å²) in [4.78, 5) is 11.5. The molecule has 11 heteroatoms. The summed E-state index contributed by atoms with van der Waals surface area (Å²) in [7, 11) is 0. The van der Waals surface area contributed by atoms with E-state index >= 15 is 0 Å². The van der Waals surface area contributed by atoms with E-state index in [2.05, 4.69) is 54.1 Å². The van der Waals surface area contributed by atoms with Crippen LogP contribution >= 0.6 is 23.4 Å². The maximum Gasteiger partial charge on any atom is 0.245 e. The minimum Gasteiger partial charge on any atom is -0.598 e. The number of rotatable bonds is 5. The molecule has 1 aliphatic carbocycles. The van der Waals surface area contributed by atoms with E-state index in [9.17, 15) is 4.55 Å². The molecule has 2 atom stereocenters. The lowest BCUT2D eigenvalue weighted by Gasteiger charge is -2.43. The number of anilines is 2. The van der Waals surface area contributed by atoms with E-state index in [0.717, 1.165) is 37.2 Å². The molecule has 5 rings (SSSR count). The highest BCUT2D eigenvalue weighted by Crippen LogP contribution is 2.52. The number of nitrogens with two attached hydrogens (primary N) is 1. The summed E-state index contributed by atoms with van der Waals surface area (Å²) in [5, 5.41) is 9.90. The Labute approximate surface area is 224 Å². The normalized spacial score (nSPS) is 19.9. The second kappa shape index (κ2) is 9.98. The molecular weight excluding hydrogens is 514 g/mol. The molecule has 1 spiro atoms. The van der Waals surface area contributed by atoms with E-state index in [0.29, 0.717) is 21.8 Å². The second-order valence-corrected chi connectivity index (χ2v) is 13.9. The molecule has 1 aliphatic heterocycles. The maximum absolute atomic E-state index is 13.1. The first kappa shape index (κ1) is 25.5. The monoisotopic (exact) mass is 543 g/mol. The van der Waals surface area contributed by atoms with Crippen LogP contribution in [0.3, 0.4) is 0 Å². The fourth-order valence-corrected chi connectivity index (χ4v) is 6.86. The molecule has 1 saturated heterocycles. The van der Waals surface area contributed by atoms with E-state index in [1.54, 1.807) is 12.3 Å². The van der Waals surface area contributed by atoms with Crippen molar-refractivity contribution in [3.05, 3.63) is 58.9 Å². The minimum atomic E-state index is -1.15. The van der Waals surface area contributed by atoms with Crippen LogP contribution in [0.1, 0.15) is 50.8 Å². The van der Waals surface area contributed by atoms with Crippen LogP contribution in [-0.2, 0) is 17.8 Å². The van der Waals surface area contributed by atoms with Gasteiger partial charge in [0.05, 0.1) is 17.3 Å². The molecule has 1 fully saturated rings. The molecule has 0 amide bonds. The number of hydrogen-bond donors (Lipinski definition) is 2. The summed E-state index contributed by atoms with van der Waals surface area (Å²) in [6, 6.07) is 10.3. The number of piperidine rings is 1. The lowest BCUT2D eigenvalue weighted by atomic mass is 9.73. The quantitative estimate of drug-likeness (QED) is 0.445. The van der Waals surface area contributed by atoms with Crippen LogP contribution in [0.25, 0.3) is 0 Å². The van der Waals surface area contributed by atoms with Crippen molar-refractivity contribution >= 4 is 46.5 Å². The molecule has 1 aromatic carbocycles. The van der Waals surface area contributed by atoms with E-state index < -0.39 is 11.4 Å². The standard InChI is InChI=1S/C25H30ClN7OS2/c1-24(2,3)36(34)32-22-17-7-5-4-6-16(17)13-25(22)8-10-33(11-9-25)23-29-15-21(30-31-23)35-19-12-20(27)28-14-18(19)26/h4-7,12,14-15,22,32H,8-11,13H2,1-3H3,(H2,27,28)/t22-,36-/m1/s1. The molecule has 0 unspecified atom stereocenters. The molecule has 2 aliphatic rings. The summed E-state index contributed by atoms with van der Waals surface area (Å²) < 4.78 is 16.3. The van der Waals surface area contributed by atoms with Gasteiger partial charge in [-0.15, -0.1) is 14.9 Å². The number of halogens is 1. The SMILES string of the molecule is CC(C)(C)[S@@+]([O-])N[C@@H]1c2ccccc2CC12CCN(c1ncc(Sc3cc(N)ncc3Cl)nn1)CC2. The Bertz CT molecular complexity index is 1230. The Balaban J connectivity index is 1.29. The van der Waals surface area contributed by atoms with Crippen LogP contribution in [0, 0.1) is 5.41 Å². The Morgan fingerprint density at radius 2 is 1.92 bits per heavy atom. The van der Waals surface area contributed by atoms with Crippen LogP contribution in [-0.4, -0.2) is 42.6 Å². The average Bonchev–Trinajstić information content (AvgIpc) is 3.14. The number of fused-ring (bicyclic) bond motifs is 1.